The van der Waals surface area contributed by atoms with Gasteiger partial charge in [-0.05, 0) is 42.8 Å². The normalized spacial score (nSPS) is 12.4. The minimum Gasteiger partial charge on any atom is -0.444 e. The summed E-state index contributed by atoms with van der Waals surface area (Å²) in [7, 11) is 0. The molecule has 0 aliphatic heterocycles. The van der Waals surface area contributed by atoms with Gasteiger partial charge in [0.05, 0.1) is 21.6 Å². The Bertz CT molecular complexity index is 621. The van der Waals surface area contributed by atoms with Gasteiger partial charge in [-0.3, -0.25) is 10.1 Å². The van der Waals surface area contributed by atoms with Crippen LogP contribution >= 0.6 is 15.9 Å². The molecule has 0 saturated heterocycles. The van der Waals surface area contributed by atoms with Crippen molar-refractivity contribution in [2.75, 3.05) is 18.4 Å². The molecule has 1 amide bonds. The van der Waals surface area contributed by atoms with Crippen LogP contribution in [-0.2, 0) is 4.74 Å². The van der Waals surface area contributed by atoms with E-state index in [4.69, 9.17) is 4.74 Å². The molecule has 0 aromatic heterocycles. The first-order valence-electron chi connectivity index (χ1n) is 7.02. The average molecular weight is 408 g/mol. The number of nitrogens with zero attached hydrogens (tertiary/aromatic N) is 1. The topological polar surface area (TPSA) is 114 Å². The molecule has 1 aromatic carbocycles. The second kappa shape index (κ2) is 8.25. The third-order valence-corrected chi connectivity index (χ3v) is 3.25. The number of nitro groups is 1. The lowest BCUT2D eigenvalue weighted by Gasteiger charge is -2.20. The zero-order chi connectivity index (χ0) is 18.5. The highest BCUT2D eigenvalue weighted by atomic mass is 79.9. The second-order valence-corrected chi connectivity index (χ2v) is 6.81. The molecule has 0 heterocycles. The number of carbonyl (C=O) groups is 1. The monoisotopic (exact) mass is 407 g/mol. The van der Waals surface area contributed by atoms with Crippen LogP contribution in [0, 0.1) is 15.9 Å². The highest BCUT2D eigenvalue weighted by Crippen LogP contribution is 2.33. The molecule has 0 unspecified atom stereocenters. The van der Waals surface area contributed by atoms with Crippen molar-refractivity contribution >= 4 is 33.4 Å². The molecule has 0 aliphatic rings. The Morgan fingerprint density at radius 1 is 1.46 bits per heavy atom. The van der Waals surface area contributed by atoms with Crippen molar-refractivity contribution < 1.29 is 24.0 Å². The van der Waals surface area contributed by atoms with E-state index in [1.165, 1.54) is 0 Å². The van der Waals surface area contributed by atoms with Gasteiger partial charge in [0.2, 0.25) is 0 Å². The SMILES string of the molecule is CC(C)(C)OC(=O)NC[C@H](O)CNc1c(Br)cc(F)cc1[N+](=O)[O-]. The molecule has 1 rings (SSSR count). The van der Waals surface area contributed by atoms with Gasteiger partial charge in [0, 0.05) is 13.1 Å². The van der Waals surface area contributed by atoms with Crippen LogP contribution in [0.1, 0.15) is 20.8 Å². The third kappa shape index (κ3) is 6.67. The molecule has 3 N–H and O–H groups in total. The highest BCUT2D eigenvalue weighted by Gasteiger charge is 2.20. The fraction of sp³-hybridized carbons (Fsp3) is 0.500. The molecule has 1 aromatic rings. The summed E-state index contributed by atoms with van der Waals surface area (Å²) in [5.41, 5.74) is -1.08. The van der Waals surface area contributed by atoms with E-state index in [-0.39, 0.29) is 23.2 Å². The summed E-state index contributed by atoms with van der Waals surface area (Å²) < 4.78 is 18.4. The lowest BCUT2D eigenvalue weighted by atomic mass is 10.2. The first-order chi connectivity index (χ1) is 11.0. The number of nitro benzene ring substituents is 1. The first-order valence-corrected chi connectivity index (χ1v) is 7.81. The number of hydrogen-bond acceptors (Lipinski definition) is 6. The zero-order valence-corrected chi connectivity index (χ0v) is 15.0. The van der Waals surface area contributed by atoms with Gasteiger partial charge in [0.25, 0.3) is 5.69 Å². The number of rotatable bonds is 6. The summed E-state index contributed by atoms with van der Waals surface area (Å²) in [5.74, 6) is -0.758. The number of anilines is 1. The quantitative estimate of drug-likeness (QED) is 0.493. The standard InChI is InChI=1S/C14H19BrFN3O5/c1-14(2,3)24-13(21)18-7-9(20)6-17-12-10(15)4-8(16)5-11(12)19(22)23/h4-5,9,17,20H,6-7H2,1-3H3,(H,18,21)/t9-/m1/s1. The molecule has 134 valence electrons. The molecule has 0 fully saturated rings. The minimum absolute atomic E-state index is 0.0396. The molecule has 0 aliphatic carbocycles. The number of carbonyl (C=O) groups excluding carboxylic acids is 1. The maximum Gasteiger partial charge on any atom is 0.407 e. The fourth-order valence-corrected chi connectivity index (χ4v) is 2.25. The van der Waals surface area contributed by atoms with Crippen molar-refractivity contribution in [3.05, 3.63) is 32.5 Å². The summed E-state index contributed by atoms with van der Waals surface area (Å²) in [5, 5.41) is 25.8. The maximum atomic E-state index is 13.2. The van der Waals surface area contributed by atoms with Crippen LogP contribution in [0.15, 0.2) is 16.6 Å². The van der Waals surface area contributed by atoms with Gasteiger partial charge in [-0.25, -0.2) is 9.18 Å². The predicted octanol–water partition coefficient (Wildman–Crippen LogP) is 2.79. The van der Waals surface area contributed by atoms with E-state index in [1.54, 1.807) is 20.8 Å². The van der Waals surface area contributed by atoms with E-state index in [9.17, 15) is 24.4 Å². The lowest BCUT2D eigenvalue weighted by Crippen LogP contribution is -2.39. The van der Waals surface area contributed by atoms with Gasteiger partial charge in [-0.15, -0.1) is 0 Å². The van der Waals surface area contributed by atoms with E-state index >= 15 is 0 Å². The first kappa shape index (κ1) is 20.1. The number of amides is 1. The van der Waals surface area contributed by atoms with Crippen LogP contribution in [0.25, 0.3) is 0 Å². The van der Waals surface area contributed by atoms with Crippen LogP contribution in [0.3, 0.4) is 0 Å². The summed E-state index contributed by atoms with van der Waals surface area (Å²) in [6.07, 6.45) is -1.72. The van der Waals surface area contributed by atoms with Gasteiger partial charge in [0.15, 0.2) is 0 Å². The van der Waals surface area contributed by atoms with Crippen LogP contribution < -0.4 is 10.6 Å². The fourth-order valence-electron chi connectivity index (χ4n) is 1.69. The Hall–Kier alpha value is -1.94. The van der Waals surface area contributed by atoms with Crippen molar-refractivity contribution in [3.63, 3.8) is 0 Å². The summed E-state index contributed by atoms with van der Waals surface area (Å²) in [6.45, 7) is 4.90. The van der Waals surface area contributed by atoms with Crippen molar-refractivity contribution in [3.8, 4) is 0 Å². The largest absolute Gasteiger partial charge is 0.444 e. The molecule has 8 nitrogen and oxygen atoms in total. The zero-order valence-electron chi connectivity index (χ0n) is 13.4. The van der Waals surface area contributed by atoms with Crippen LogP contribution in [0.2, 0.25) is 0 Å². The maximum absolute atomic E-state index is 13.2. The van der Waals surface area contributed by atoms with Crippen LogP contribution in [-0.4, -0.2) is 40.9 Å². The number of benzene rings is 1. The predicted molar refractivity (Wildman–Crippen MR) is 89.5 cm³/mol. The van der Waals surface area contributed by atoms with Crippen molar-refractivity contribution in [2.24, 2.45) is 0 Å². The molecule has 0 spiro atoms. The number of aliphatic hydroxyl groups is 1. The second-order valence-electron chi connectivity index (χ2n) is 5.96. The minimum atomic E-state index is -1.03. The van der Waals surface area contributed by atoms with E-state index in [1.807, 2.05) is 0 Å². The van der Waals surface area contributed by atoms with E-state index in [0.29, 0.717) is 0 Å². The molecule has 24 heavy (non-hydrogen) atoms. The van der Waals surface area contributed by atoms with Crippen molar-refractivity contribution in [1.82, 2.24) is 5.32 Å². The molecule has 0 radical (unpaired) electrons. The van der Waals surface area contributed by atoms with E-state index in [2.05, 4.69) is 26.6 Å². The Morgan fingerprint density at radius 3 is 2.62 bits per heavy atom. The van der Waals surface area contributed by atoms with E-state index < -0.39 is 34.2 Å². The molecule has 0 bridgehead atoms. The van der Waals surface area contributed by atoms with Crippen molar-refractivity contribution in [2.45, 2.75) is 32.5 Å². The number of aliphatic hydroxyl groups excluding tert-OH is 1. The number of halogens is 2. The Labute approximate surface area is 146 Å². The Balaban J connectivity index is 2.60. The number of alkyl carbamates (subject to hydrolysis) is 1. The molecule has 1 atom stereocenters. The molecular weight excluding hydrogens is 389 g/mol. The van der Waals surface area contributed by atoms with Crippen LogP contribution in [0.4, 0.5) is 20.6 Å². The van der Waals surface area contributed by atoms with Crippen molar-refractivity contribution in [1.29, 1.82) is 0 Å². The summed E-state index contributed by atoms with van der Waals surface area (Å²) in [4.78, 5) is 21.7. The summed E-state index contributed by atoms with van der Waals surface area (Å²) in [6, 6.07) is 1.85. The Kier molecular flexibility index (Phi) is 6.91. The molecular formula is C14H19BrFN3O5. The number of nitrogens with one attached hydrogen (secondary N) is 2. The summed E-state index contributed by atoms with van der Waals surface area (Å²) >= 11 is 3.03. The highest BCUT2D eigenvalue weighted by molar-refractivity contribution is 9.10. The number of ether oxygens (including phenoxy) is 1. The Morgan fingerprint density at radius 2 is 2.08 bits per heavy atom. The van der Waals surface area contributed by atoms with Crippen LogP contribution in [0.5, 0.6) is 0 Å². The van der Waals surface area contributed by atoms with Gasteiger partial charge in [0.1, 0.15) is 17.1 Å². The van der Waals surface area contributed by atoms with Gasteiger partial charge in [-0.1, -0.05) is 0 Å². The average Bonchev–Trinajstić information content (AvgIpc) is 2.41. The smallest absolute Gasteiger partial charge is 0.407 e. The molecule has 0 saturated carbocycles. The van der Waals surface area contributed by atoms with Gasteiger partial charge >= 0.3 is 6.09 Å². The third-order valence-electron chi connectivity index (χ3n) is 2.63. The van der Waals surface area contributed by atoms with Gasteiger partial charge < -0.3 is 20.5 Å². The van der Waals surface area contributed by atoms with Gasteiger partial charge in [-0.2, -0.15) is 0 Å². The molecule has 10 heteroatoms. The van der Waals surface area contributed by atoms with E-state index in [0.717, 1.165) is 12.1 Å². The number of hydrogen-bond donors (Lipinski definition) is 3. The lowest BCUT2D eigenvalue weighted by molar-refractivity contribution is -0.384.